The van der Waals surface area contributed by atoms with Crippen molar-refractivity contribution in [3.05, 3.63) is 71.3 Å². The van der Waals surface area contributed by atoms with E-state index in [1.54, 1.807) is 0 Å². The summed E-state index contributed by atoms with van der Waals surface area (Å²) in [7, 11) is 0. The smallest absolute Gasteiger partial charge is 0.362 e. The summed E-state index contributed by atoms with van der Waals surface area (Å²) in [6, 6.07) is 15.3. The molecule has 0 bridgehead atoms. The van der Waals surface area contributed by atoms with Gasteiger partial charge in [0.25, 0.3) is 0 Å². The van der Waals surface area contributed by atoms with Crippen LogP contribution in [0.4, 0.5) is 13.2 Å². The lowest BCUT2D eigenvalue weighted by Crippen LogP contribution is -2.37. The van der Waals surface area contributed by atoms with Gasteiger partial charge in [-0.15, -0.1) is 0 Å². The minimum Gasteiger partial charge on any atom is -0.362 e. The van der Waals surface area contributed by atoms with E-state index in [2.05, 4.69) is 22.8 Å². The summed E-state index contributed by atoms with van der Waals surface area (Å²) in [5, 5.41) is 6.73. The molecule has 0 atom stereocenters. The molecule has 24 heavy (non-hydrogen) atoms. The van der Waals surface area contributed by atoms with Crippen LogP contribution in [0, 0.1) is 0 Å². The second-order valence-electron chi connectivity index (χ2n) is 5.36. The van der Waals surface area contributed by atoms with Gasteiger partial charge < -0.3 is 10.6 Å². The molecule has 0 unspecified atom stereocenters. The number of thiocarbonyl (C=S) groups is 1. The predicted octanol–water partition coefficient (Wildman–Crippen LogP) is 3.95. The first-order valence-electron chi connectivity index (χ1n) is 7.67. The van der Waals surface area contributed by atoms with Crippen LogP contribution in [0.2, 0.25) is 0 Å². The second kappa shape index (κ2) is 8.68. The Morgan fingerprint density at radius 3 is 1.79 bits per heavy atom. The van der Waals surface area contributed by atoms with E-state index in [1.807, 2.05) is 18.2 Å². The standard InChI is InChI=1S/C18H19F3N2S/c19-18(20,21)16-8-6-15(7-9-16)11-13-23-17(24)22-12-10-14-4-2-1-3-5-14/h1-9H,10-13H2,(H2,22,23,24). The molecule has 0 aromatic heterocycles. The van der Waals surface area contributed by atoms with Crippen molar-refractivity contribution in [2.24, 2.45) is 0 Å². The maximum Gasteiger partial charge on any atom is 0.416 e. The van der Waals surface area contributed by atoms with E-state index in [1.165, 1.54) is 17.7 Å². The highest BCUT2D eigenvalue weighted by molar-refractivity contribution is 7.80. The monoisotopic (exact) mass is 352 g/mol. The molecule has 2 rings (SSSR count). The fourth-order valence-electron chi connectivity index (χ4n) is 2.21. The fraction of sp³-hybridized carbons (Fsp3) is 0.278. The van der Waals surface area contributed by atoms with Crippen molar-refractivity contribution in [1.82, 2.24) is 10.6 Å². The van der Waals surface area contributed by atoms with E-state index >= 15 is 0 Å². The molecular formula is C18H19F3N2S. The average molecular weight is 352 g/mol. The van der Waals surface area contributed by atoms with Crippen LogP contribution in [0.1, 0.15) is 16.7 Å². The first-order chi connectivity index (χ1) is 11.4. The van der Waals surface area contributed by atoms with Gasteiger partial charge in [0.15, 0.2) is 5.11 Å². The number of nitrogens with one attached hydrogen (secondary N) is 2. The van der Waals surface area contributed by atoms with Crippen LogP contribution in [-0.2, 0) is 19.0 Å². The summed E-state index contributed by atoms with van der Waals surface area (Å²) < 4.78 is 37.4. The first-order valence-corrected chi connectivity index (χ1v) is 8.08. The zero-order chi connectivity index (χ0) is 17.4. The Labute approximate surface area is 145 Å². The normalized spacial score (nSPS) is 11.1. The third-order valence-corrected chi connectivity index (χ3v) is 3.81. The molecule has 2 nitrogen and oxygen atoms in total. The van der Waals surface area contributed by atoms with Crippen molar-refractivity contribution in [2.45, 2.75) is 19.0 Å². The zero-order valence-corrected chi connectivity index (χ0v) is 13.9. The Kier molecular flexibility index (Phi) is 6.61. The topological polar surface area (TPSA) is 24.1 Å². The van der Waals surface area contributed by atoms with Crippen LogP contribution < -0.4 is 10.6 Å². The number of alkyl halides is 3. The Balaban J connectivity index is 1.65. The molecule has 0 aliphatic rings. The van der Waals surface area contributed by atoms with Gasteiger partial charge in [0, 0.05) is 13.1 Å². The third-order valence-electron chi connectivity index (χ3n) is 3.52. The van der Waals surface area contributed by atoms with E-state index in [-0.39, 0.29) is 0 Å². The highest BCUT2D eigenvalue weighted by Crippen LogP contribution is 2.29. The number of hydrogen-bond acceptors (Lipinski definition) is 1. The molecule has 2 N–H and O–H groups in total. The van der Waals surface area contributed by atoms with Gasteiger partial charge in [-0.25, -0.2) is 0 Å². The van der Waals surface area contributed by atoms with Gasteiger partial charge in [-0.3, -0.25) is 0 Å². The highest BCUT2D eigenvalue weighted by atomic mass is 32.1. The van der Waals surface area contributed by atoms with E-state index in [0.717, 1.165) is 30.7 Å². The van der Waals surface area contributed by atoms with Crippen LogP contribution in [0.5, 0.6) is 0 Å². The molecule has 0 saturated carbocycles. The van der Waals surface area contributed by atoms with Crippen molar-refractivity contribution in [1.29, 1.82) is 0 Å². The molecule has 0 heterocycles. The van der Waals surface area contributed by atoms with Crippen LogP contribution >= 0.6 is 12.2 Å². The number of rotatable bonds is 6. The minimum absolute atomic E-state index is 0.554. The van der Waals surface area contributed by atoms with Crippen LogP contribution in [0.15, 0.2) is 54.6 Å². The third kappa shape index (κ3) is 6.20. The zero-order valence-electron chi connectivity index (χ0n) is 13.1. The van der Waals surface area contributed by atoms with Crippen molar-refractivity contribution in [3.8, 4) is 0 Å². The molecule has 0 aliphatic carbocycles. The molecule has 2 aromatic carbocycles. The summed E-state index contributed by atoms with van der Waals surface area (Å²) in [5.41, 5.74) is 1.44. The lowest BCUT2D eigenvalue weighted by atomic mass is 10.1. The highest BCUT2D eigenvalue weighted by Gasteiger charge is 2.29. The molecule has 6 heteroatoms. The predicted molar refractivity (Wildman–Crippen MR) is 93.9 cm³/mol. The first kappa shape index (κ1) is 18.3. The van der Waals surface area contributed by atoms with Gasteiger partial charge in [-0.2, -0.15) is 13.2 Å². The minimum atomic E-state index is -4.29. The van der Waals surface area contributed by atoms with Crippen molar-refractivity contribution < 1.29 is 13.2 Å². The van der Waals surface area contributed by atoms with E-state index in [0.29, 0.717) is 18.1 Å². The van der Waals surface area contributed by atoms with Crippen LogP contribution in [-0.4, -0.2) is 18.2 Å². The molecular weight excluding hydrogens is 333 g/mol. The Bertz CT molecular complexity index is 640. The molecule has 0 saturated heterocycles. The van der Waals surface area contributed by atoms with Gasteiger partial charge >= 0.3 is 6.18 Å². The molecule has 2 aromatic rings. The molecule has 0 amide bonds. The number of hydrogen-bond donors (Lipinski definition) is 2. The van der Waals surface area contributed by atoms with Crippen molar-refractivity contribution >= 4 is 17.3 Å². The lowest BCUT2D eigenvalue weighted by Gasteiger charge is -2.11. The van der Waals surface area contributed by atoms with Crippen molar-refractivity contribution in [3.63, 3.8) is 0 Å². The summed E-state index contributed by atoms with van der Waals surface area (Å²) >= 11 is 5.18. The number of halogens is 3. The van der Waals surface area contributed by atoms with Crippen molar-refractivity contribution in [2.75, 3.05) is 13.1 Å². The van der Waals surface area contributed by atoms with Crippen LogP contribution in [0.25, 0.3) is 0 Å². The maximum absolute atomic E-state index is 12.5. The Hall–Kier alpha value is -2.08. The van der Waals surface area contributed by atoms with Gasteiger partial charge in [-0.05, 0) is 48.3 Å². The molecule has 0 radical (unpaired) electrons. The van der Waals surface area contributed by atoms with Gasteiger partial charge in [0.2, 0.25) is 0 Å². The molecule has 0 spiro atoms. The molecule has 0 aliphatic heterocycles. The average Bonchev–Trinajstić information content (AvgIpc) is 2.55. The Morgan fingerprint density at radius 2 is 1.29 bits per heavy atom. The maximum atomic E-state index is 12.5. The lowest BCUT2D eigenvalue weighted by molar-refractivity contribution is -0.137. The van der Waals surface area contributed by atoms with E-state index < -0.39 is 11.7 Å². The van der Waals surface area contributed by atoms with Gasteiger partial charge in [-0.1, -0.05) is 42.5 Å². The largest absolute Gasteiger partial charge is 0.416 e. The molecule has 0 fully saturated rings. The summed E-state index contributed by atoms with van der Waals surface area (Å²) in [4.78, 5) is 0. The van der Waals surface area contributed by atoms with Gasteiger partial charge in [0.05, 0.1) is 5.56 Å². The van der Waals surface area contributed by atoms with E-state index in [9.17, 15) is 13.2 Å². The second-order valence-corrected chi connectivity index (χ2v) is 5.77. The SMILES string of the molecule is FC(F)(F)c1ccc(CCNC(=S)NCCc2ccccc2)cc1. The number of benzene rings is 2. The quantitative estimate of drug-likeness (QED) is 0.770. The van der Waals surface area contributed by atoms with E-state index in [4.69, 9.17) is 12.2 Å². The van der Waals surface area contributed by atoms with Crippen LogP contribution in [0.3, 0.4) is 0 Å². The Morgan fingerprint density at radius 1 is 0.792 bits per heavy atom. The summed E-state index contributed by atoms with van der Waals surface area (Å²) in [6.07, 6.45) is -2.80. The summed E-state index contributed by atoms with van der Waals surface area (Å²) in [6.45, 7) is 1.30. The summed E-state index contributed by atoms with van der Waals surface area (Å²) in [5.74, 6) is 0. The molecule has 128 valence electrons. The van der Waals surface area contributed by atoms with Gasteiger partial charge in [0.1, 0.15) is 0 Å². The fourth-order valence-corrected chi connectivity index (χ4v) is 2.41.